The summed E-state index contributed by atoms with van der Waals surface area (Å²) in [6.07, 6.45) is 3.25. The molecule has 1 aliphatic rings. The van der Waals surface area contributed by atoms with Gasteiger partial charge in [0.15, 0.2) is 0 Å². The number of aliphatic hydroxyl groups is 1. The zero-order chi connectivity index (χ0) is 14.9. The Morgan fingerprint density at radius 3 is 2.67 bits per heavy atom. The third-order valence-electron chi connectivity index (χ3n) is 4.78. The van der Waals surface area contributed by atoms with Gasteiger partial charge in [0.2, 0.25) is 0 Å². The number of aromatic hydroxyl groups is 1. The minimum atomic E-state index is 0.103. The molecule has 0 bridgehead atoms. The van der Waals surface area contributed by atoms with Crippen LogP contribution in [0.4, 0.5) is 0 Å². The first-order valence-electron chi connectivity index (χ1n) is 7.70. The lowest BCUT2D eigenvalue weighted by atomic mass is 9.99. The fourth-order valence-electron chi connectivity index (χ4n) is 3.03. The lowest BCUT2D eigenvalue weighted by molar-refractivity contribution is 0.242. The number of hydrogen-bond acceptors (Lipinski definition) is 3. The van der Waals surface area contributed by atoms with Crippen molar-refractivity contribution < 1.29 is 10.2 Å². The van der Waals surface area contributed by atoms with Gasteiger partial charge in [-0.2, -0.15) is 0 Å². The molecule has 0 saturated heterocycles. The number of phenolic OH excluding ortho intramolecular Hbond substituents is 1. The highest BCUT2D eigenvalue weighted by molar-refractivity contribution is 5.89. The highest BCUT2D eigenvalue weighted by Gasteiger charge is 2.41. The molecule has 2 aromatic carbocycles. The SMILES string of the molecule is CC(NCC1(CCO)CC1)c1ccc2ccccc2c1O. The average Bonchev–Trinajstić information content (AvgIpc) is 3.26. The second kappa shape index (κ2) is 5.66. The van der Waals surface area contributed by atoms with Gasteiger partial charge < -0.3 is 15.5 Å². The van der Waals surface area contributed by atoms with Crippen molar-refractivity contribution in [3.63, 3.8) is 0 Å². The third-order valence-corrected chi connectivity index (χ3v) is 4.78. The minimum absolute atomic E-state index is 0.103. The van der Waals surface area contributed by atoms with E-state index in [4.69, 9.17) is 5.11 Å². The first-order valence-corrected chi connectivity index (χ1v) is 7.70. The standard InChI is InChI=1S/C18H23NO2/c1-13(19-12-18(8-9-18)10-11-20)15-7-6-14-4-2-3-5-16(14)17(15)21/h2-7,13,19-21H,8-12H2,1H3. The van der Waals surface area contributed by atoms with E-state index in [9.17, 15) is 5.11 Å². The van der Waals surface area contributed by atoms with Crippen LogP contribution in [-0.2, 0) is 0 Å². The molecule has 3 heteroatoms. The van der Waals surface area contributed by atoms with Gasteiger partial charge in [0.25, 0.3) is 0 Å². The van der Waals surface area contributed by atoms with Gasteiger partial charge in [-0.25, -0.2) is 0 Å². The lowest BCUT2D eigenvalue weighted by Crippen LogP contribution is -2.27. The summed E-state index contributed by atoms with van der Waals surface area (Å²) in [5.41, 5.74) is 1.23. The van der Waals surface area contributed by atoms with Crippen molar-refractivity contribution >= 4 is 10.8 Å². The number of nitrogens with one attached hydrogen (secondary N) is 1. The molecule has 0 aromatic heterocycles. The van der Waals surface area contributed by atoms with Gasteiger partial charge in [-0.3, -0.25) is 0 Å². The Bertz CT molecular complexity index is 634. The summed E-state index contributed by atoms with van der Waals surface area (Å²) in [7, 11) is 0. The minimum Gasteiger partial charge on any atom is -0.507 e. The Morgan fingerprint density at radius 1 is 1.19 bits per heavy atom. The molecule has 1 atom stereocenters. The van der Waals surface area contributed by atoms with Crippen LogP contribution in [0, 0.1) is 5.41 Å². The normalized spacial score (nSPS) is 17.8. The van der Waals surface area contributed by atoms with Crippen molar-refractivity contribution in [3.8, 4) is 5.75 Å². The summed E-state index contributed by atoms with van der Waals surface area (Å²) in [6, 6.07) is 12.1. The number of rotatable bonds is 6. The van der Waals surface area contributed by atoms with Crippen LogP contribution in [0.1, 0.15) is 37.8 Å². The van der Waals surface area contributed by atoms with Gasteiger partial charge in [-0.1, -0.05) is 36.4 Å². The molecule has 3 N–H and O–H groups in total. The molecule has 3 nitrogen and oxygen atoms in total. The molecule has 1 fully saturated rings. The number of phenols is 1. The highest BCUT2D eigenvalue weighted by atomic mass is 16.3. The summed E-state index contributed by atoms with van der Waals surface area (Å²) in [5, 5.41) is 25.1. The van der Waals surface area contributed by atoms with Gasteiger partial charge in [-0.05, 0) is 37.0 Å². The van der Waals surface area contributed by atoms with Crippen LogP contribution in [0.3, 0.4) is 0 Å². The van der Waals surface area contributed by atoms with Gasteiger partial charge in [0, 0.05) is 30.1 Å². The predicted octanol–water partition coefficient (Wildman–Crippen LogP) is 3.36. The summed E-state index contributed by atoms with van der Waals surface area (Å²) < 4.78 is 0. The summed E-state index contributed by atoms with van der Waals surface area (Å²) >= 11 is 0. The molecule has 1 unspecified atom stereocenters. The smallest absolute Gasteiger partial charge is 0.128 e. The van der Waals surface area contributed by atoms with Crippen LogP contribution < -0.4 is 5.32 Å². The van der Waals surface area contributed by atoms with Crippen molar-refractivity contribution in [2.75, 3.05) is 13.2 Å². The van der Waals surface area contributed by atoms with E-state index in [0.29, 0.717) is 5.75 Å². The molecule has 1 saturated carbocycles. The molecule has 2 aromatic rings. The number of fused-ring (bicyclic) bond motifs is 1. The van der Waals surface area contributed by atoms with E-state index in [1.165, 1.54) is 12.8 Å². The summed E-state index contributed by atoms with van der Waals surface area (Å²) in [4.78, 5) is 0. The lowest BCUT2D eigenvalue weighted by Gasteiger charge is -2.21. The van der Waals surface area contributed by atoms with Crippen LogP contribution in [0.2, 0.25) is 0 Å². The van der Waals surface area contributed by atoms with Crippen LogP contribution in [0.25, 0.3) is 10.8 Å². The maximum Gasteiger partial charge on any atom is 0.128 e. The molecule has 3 rings (SSSR count). The largest absolute Gasteiger partial charge is 0.507 e. The van der Waals surface area contributed by atoms with E-state index >= 15 is 0 Å². The summed E-state index contributed by atoms with van der Waals surface area (Å²) in [6.45, 7) is 3.25. The first-order chi connectivity index (χ1) is 10.2. The fraction of sp³-hybridized carbons (Fsp3) is 0.444. The van der Waals surface area contributed by atoms with Crippen LogP contribution in [-0.4, -0.2) is 23.4 Å². The molecular formula is C18H23NO2. The molecule has 0 heterocycles. The van der Waals surface area contributed by atoms with E-state index in [-0.39, 0.29) is 18.1 Å². The number of hydrogen-bond donors (Lipinski definition) is 3. The monoisotopic (exact) mass is 285 g/mol. The molecule has 1 aliphatic carbocycles. The first kappa shape index (κ1) is 14.4. The molecule has 0 radical (unpaired) electrons. The Kier molecular flexibility index (Phi) is 3.87. The molecular weight excluding hydrogens is 262 g/mol. The van der Waals surface area contributed by atoms with E-state index in [0.717, 1.165) is 29.3 Å². The number of benzene rings is 2. The maximum absolute atomic E-state index is 10.5. The van der Waals surface area contributed by atoms with Crippen molar-refractivity contribution in [2.45, 2.75) is 32.2 Å². The van der Waals surface area contributed by atoms with Crippen molar-refractivity contribution in [1.82, 2.24) is 5.32 Å². The third kappa shape index (κ3) is 2.89. The van der Waals surface area contributed by atoms with Gasteiger partial charge in [0.05, 0.1) is 0 Å². The Morgan fingerprint density at radius 2 is 1.95 bits per heavy atom. The second-order valence-electron chi connectivity index (χ2n) is 6.30. The van der Waals surface area contributed by atoms with Gasteiger partial charge in [0.1, 0.15) is 5.75 Å². The molecule has 0 amide bonds. The topological polar surface area (TPSA) is 52.5 Å². The molecule has 112 valence electrons. The average molecular weight is 285 g/mol. The second-order valence-corrected chi connectivity index (χ2v) is 6.30. The highest BCUT2D eigenvalue weighted by Crippen LogP contribution is 2.48. The Balaban J connectivity index is 1.75. The molecule has 0 spiro atoms. The number of aliphatic hydroxyl groups excluding tert-OH is 1. The zero-order valence-corrected chi connectivity index (χ0v) is 12.5. The van der Waals surface area contributed by atoms with Crippen LogP contribution in [0.15, 0.2) is 36.4 Å². The van der Waals surface area contributed by atoms with Crippen LogP contribution in [0.5, 0.6) is 5.75 Å². The Hall–Kier alpha value is -1.58. The molecule has 21 heavy (non-hydrogen) atoms. The van der Waals surface area contributed by atoms with E-state index in [1.807, 2.05) is 30.3 Å². The van der Waals surface area contributed by atoms with Crippen molar-refractivity contribution in [2.24, 2.45) is 5.41 Å². The zero-order valence-electron chi connectivity index (χ0n) is 12.5. The predicted molar refractivity (Wildman–Crippen MR) is 85.4 cm³/mol. The van der Waals surface area contributed by atoms with Gasteiger partial charge in [-0.15, -0.1) is 0 Å². The quantitative estimate of drug-likeness (QED) is 0.763. The fourth-order valence-corrected chi connectivity index (χ4v) is 3.03. The van der Waals surface area contributed by atoms with E-state index < -0.39 is 0 Å². The van der Waals surface area contributed by atoms with Crippen molar-refractivity contribution in [3.05, 3.63) is 42.0 Å². The Labute approximate surface area is 125 Å². The van der Waals surface area contributed by atoms with E-state index in [1.54, 1.807) is 0 Å². The van der Waals surface area contributed by atoms with Gasteiger partial charge >= 0.3 is 0 Å². The molecule has 0 aliphatic heterocycles. The van der Waals surface area contributed by atoms with Crippen molar-refractivity contribution in [1.29, 1.82) is 0 Å². The maximum atomic E-state index is 10.5. The van der Waals surface area contributed by atoms with Crippen LogP contribution >= 0.6 is 0 Å². The summed E-state index contributed by atoms with van der Waals surface area (Å²) in [5.74, 6) is 0.375. The van der Waals surface area contributed by atoms with E-state index in [2.05, 4.69) is 18.3 Å².